The van der Waals surface area contributed by atoms with Crippen molar-refractivity contribution >= 4 is 66.5 Å². The quantitative estimate of drug-likeness (QED) is 0.452. The molecule has 1 heterocycles. The third kappa shape index (κ3) is 5.01. The van der Waals surface area contributed by atoms with Crippen LogP contribution in [0, 0.1) is 18.2 Å². The van der Waals surface area contributed by atoms with E-state index < -0.39 is 0 Å². The van der Waals surface area contributed by atoms with Gasteiger partial charge in [-0.05, 0) is 91.7 Å². The molecule has 1 aliphatic rings. The summed E-state index contributed by atoms with van der Waals surface area (Å²) in [4.78, 5) is 17.0. The first-order valence-electron chi connectivity index (χ1n) is 7.56. The van der Waals surface area contributed by atoms with Crippen LogP contribution in [0.2, 0.25) is 0 Å². The second-order valence-corrected chi connectivity index (χ2v) is 8.00. The standard InChI is InChI=1S/C19H11Br2FN2O2S/c1-2-7-26-17-14(20)8-11(9-15(17)21)10-16-18(25)24-19(27-16)23-13-5-3-12(22)4-6-13/h1,3-6,8-10H,7H2,(H,23,24,25)/b16-10+. The largest absolute Gasteiger partial charge is 0.479 e. The molecule has 0 bridgehead atoms. The van der Waals surface area contributed by atoms with Gasteiger partial charge < -0.3 is 10.1 Å². The van der Waals surface area contributed by atoms with Gasteiger partial charge in [-0.2, -0.15) is 0 Å². The van der Waals surface area contributed by atoms with Gasteiger partial charge in [-0.15, -0.1) is 6.42 Å². The van der Waals surface area contributed by atoms with Crippen LogP contribution in [0.4, 0.5) is 10.1 Å². The average Bonchev–Trinajstić information content (AvgIpc) is 2.95. The van der Waals surface area contributed by atoms with E-state index in [1.54, 1.807) is 18.2 Å². The minimum absolute atomic E-state index is 0.152. The molecule has 1 saturated heterocycles. The fourth-order valence-corrected chi connectivity index (χ4v) is 4.47. The maximum atomic E-state index is 13.0. The summed E-state index contributed by atoms with van der Waals surface area (Å²) in [6, 6.07) is 9.37. The molecule has 1 aliphatic heterocycles. The molecule has 0 spiro atoms. The SMILES string of the molecule is C#CCOc1c(Br)cc(/C=C2/SC(=Nc3ccc(F)cc3)NC2=O)cc1Br. The molecule has 0 aliphatic carbocycles. The topological polar surface area (TPSA) is 50.7 Å². The number of hydrogen-bond donors (Lipinski definition) is 1. The monoisotopic (exact) mass is 508 g/mol. The van der Waals surface area contributed by atoms with Crippen molar-refractivity contribution in [1.29, 1.82) is 0 Å². The number of amides is 1. The number of hydrogen-bond acceptors (Lipinski definition) is 4. The summed E-state index contributed by atoms with van der Waals surface area (Å²) in [6.07, 6.45) is 6.96. The number of aliphatic imine (C=N–C) groups is 1. The van der Waals surface area contributed by atoms with E-state index in [9.17, 15) is 9.18 Å². The van der Waals surface area contributed by atoms with Crippen molar-refractivity contribution in [2.24, 2.45) is 4.99 Å². The maximum absolute atomic E-state index is 13.0. The van der Waals surface area contributed by atoms with E-state index in [0.717, 1.165) is 5.56 Å². The number of amidine groups is 1. The van der Waals surface area contributed by atoms with Crippen LogP contribution in [0.15, 0.2) is 55.2 Å². The smallest absolute Gasteiger partial charge is 0.264 e. The summed E-state index contributed by atoms with van der Waals surface area (Å²) in [5, 5.41) is 3.13. The van der Waals surface area contributed by atoms with Gasteiger partial charge in [-0.3, -0.25) is 4.79 Å². The van der Waals surface area contributed by atoms with Gasteiger partial charge in [0.2, 0.25) is 0 Å². The van der Waals surface area contributed by atoms with Gasteiger partial charge in [0.25, 0.3) is 5.91 Å². The van der Waals surface area contributed by atoms with Crippen molar-refractivity contribution in [2.75, 3.05) is 6.61 Å². The maximum Gasteiger partial charge on any atom is 0.264 e. The van der Waals surface area contributed by atoms with Crippen LogP contribution in [0.3, 0.4) is 0 Å². The molecule has 27 heavy (non-hydrogen) atoms. The number of terminal acetylenes is 1. The van der Waals surface area contributed by atoms with Crippen LogP contribution >= 0.6 is 43.6 Å². The Morgan fingerprint density at radius 2 is 1.93 bits per heavy atom. The van der Waals surface area contributed by atoms with Crippen LogP contribution in [0.25, 0.3) is 6.08 Å². The van der Waals surface area contributed by atoms with Crippen LogP contribution in [0.1, 0.15) is 5.56 Å². The second kappa shape index (κ2) is 8.74. The molecule has 0 atom stereocenters. The predicted octanol–water partition coefficient (Wildman–Crippen LogP) is 5.25. The summed E-state index contributed by atoms with van der Waals surface area (Å²) in [5.41, 5.74) is 1.35. The van der Waals surface area contributed by atoms with Gasteiger partial charge in [0.15, 0.2) is 5.17 Å². The summed E-state index contributed by atoms with van der Waals surface area (Å²) >= 11 is 8.09. The highest BCUT2D eigenvalue weighted by Crippen LogP contribution is 2.36. The third-order valence-corrected chi connectivity index (χ3v) is 5.41. The summed E-state index contributed by atoms with van der Waals surface area (Å²) in [5.74, 6) is 2.42. The van der Waals surface area contributed by atoms with Crippen molar-refractivity contribution in [3.63, 3.8) is 0 Å². The van der Waals surface area contributed by atoms with E-state index >= 15 is 0 Å². The van der Waals surface area contributed by atoms with Crippen molar-refractivity contribution in [2.45, 2.75) is 0 Å². The fraction of sp³-hybridized carbons (Fsp3) is 0.0526. The first-order valence-corrected chi connectivity index (χ1v) is 9.97. The van der Waals surface area contributed by atoms with E-state index in [2.05, 4.69) is 48.1 Å². The Bertz CT molecular complexity index is 975. The lowest BCUT2D eigenvalue weighted by Crippen LogP contribution is -2.19. The first-order chi connectivity index (χ1) is 13.0. The third-order valence-electron chi connectivity index (χ3n) is 3.33. The van der Waals surface area contributed by atoms with Gasteiger partial charge in [0.05, 0.1) is 19.5 Å². The lowest BCUT2D eigenvalue weighted by molar-refractivity contribution is -0.115. The van der Waals surface area contributed by atoms with Gasteiger partial charge >= 0.3 is 0 Å². The van der Waals surface area contributed by atoms with Crippen LogP contribution in [-0.4, -0.2) is 17.7 Å². The highest BCUT2D eigenvalue weighted by atomic mass is 79.9. The Balaban J connectivity index is 1.82. The number of rotatable bonds is 4. The highest BCUT2D eigenvalue weighted by Gasteiger charge is 2.24. The molecule has 0 unspecified atom stereocenters. The zero-order chi connectivity index (χ0) is 19.4. The molecule has 3 rings (SSSR count). The number of carbonyl (C=O) groups is 1. The molecular formula is C19H11Br2FN2O2S. The predicted molar refractivity (Wildman–Crippen MR) is 113 cm³/mol. The van der Waals surface area contributed by atoms with E-state index in [-0.39, 0.29) is 18.3 Å². The molecule has 2 aromatic rings. The van der Waals surface area contributed by atoms with Gasteiger partial charge in [0, 0.05) is 0 Å². The number of carbonyl (C=O) groups excluding carboxylic acids is 1. The summed E-state index contributed by atoms with van der Waals surface area (Å²) in [7, 11) is 0. The molecule has 0 radical (unpaired) electrons. The molecule has 1 fully saturated rings. The van der Waals surface area contributed by atoms with Crippen molar-refractivity contribution in [3.8, 4) is 18.1 Å². The Kier molecular flexibility index (Phi) is 6.37. The Labute approximate surface area is 176 Å². The highest BCUT2D eigenvalue weighted by molar-refractivity contribution is 9.11. The number of nitrogens with one attached hydrogen (secondary N) is 1. The summed E-state index contributed by atoms with van der Waals surface area (Å²) < 4.78 is 19.9. The van der Waals surface area contributed by atoms with Crippen molar-refractivity contribution < 1.29 is 13.9 Å². The van der Waals surface area contributed by atoms with Gasteiger partial charge in [-0.1, -0.05) is 5.92 Å². The second-order valence-electron chi connectivity index (χ2n) is 5.26. The minimum Gasteiger partial charge on any atom is -0.479 e. The molecule has 136 valence electrons. The molecule has 0 aromatic heterocycles. The van der Waals surface area contributed by atoms with Crippen molar-refractivity contribution in [3.05, 3.63) is 61.6 Å². The Morgan fingerprint density at radius 3 is 2.56 bits per heavy atom. The first kappa shape index (κ1) is 19.7. The lowest BCUT2D eigenvalue weighted by Gasteiger charge is -2.09. The number of thioether (sulfide) groups is 1. The average molecular weight is 510 g/mol. The number of nitrogens with zero attached hydrogens (tertiary/aromatic N) is 1. The minimum atomic E-state index is -0.339. The van der Waals surface area contributed by atoms with E-state index in [0.29, 0.717) is 30.5 Å². The molecule has 8 heteroatoms. The van der Waals surface area contributed by atoms with Crippen LogP contribution in [-0.2, 0) is 4.79 Å². The molecular weight excluding hydrogens is 499 g/mol. The van der Waals surface area contributed by atoms with Crippen LogP contribution in [0.5, 0.6) is 5.75 Å². The van der Waals surface area contributed by atoms with Gasteiger partial charge in [0.1, 0.15) is 18.2 Å². The van der Waals surface area contributed by atoms with E-state index in [1.807, 2.05) is 12.1 Å². The number of benzene rings is 2. The van der Waals surface area contributed by atoms with Crippen molar-refractivity contribution in [1.82, 2.24) is 5.32 Å². The molecule has 1 N–H and O–H groups in total. The Morgan fingerprint density at radius 1 is 1.26 bits per heavy atom. The number of ether oxygens (including phenoxy) is 1. The zero-order valence-corrected chi connectivity index (χ0v) is 17.6. The Hall–Kier alpha value is -2.08. The molecule has 0 saturated carbocycles. The van der Waals surface area contributed by atoms with Gasteiger partial charge in [-0.25, -0.2) is 9.38 Å². The fourth-order valence-electron chi connectivity index (χ4n) is 2.18. The molecule has 2 aromatic carbocycles. The van der Waals surface area contributed by atoms with E-state index in [1.165, 1.54) is 23.9 Å². The molecule has 4 nitrogen and oxygen atoms in total. The van der Waals surface area contributed by atoms with E-state index in [4.69, 9.17) is 11.2 Å². The number of halogens is 3. The normalized spacial score (nSPS) is 16.4. The van der Waals surface area contributed by atoms with Crippen LogP contribution < -0.4 is 10.1 Å². The summed E-state index contributed by atoms with van der Waals surface area (Å²) in [6.45, 7) is 0.152. The lowest BCUT2D eigenvalue weighted by atomic mass is 10.2. The molecule has 1 amide bonds. The zero-order valence-electron chi connectivity index (χ0n) is 13.6.